The minimum Gasteiger partial charge on any atom is -0.380 e. The minimum absolute atomic E-state index is 0.245. The summed E-state index contributed by atoms with van der Waals surface area (Å²) < 4.78 is 0. The van der Waals surface area contributed by atoms with E-state index in [-0.39, 0.29) is 5.91 Å². The van der Waals surface area contributed by atoms with Gasteiger partial charge in [0.15, 0.2) is 0 Å². The molecule has 1 aromatic rings. The third kappa shape index (κ3) is 2.66. The highest BCUT2D eigenvalue weighted by atomic mass is 16.2. The molecule has 1 amide bonds. The van der Waals surface area contributed by atoms with E-state index in [1.54, 1.807) is 0 Å². The van der Waals surface area contributed by atoms with Gasteiger partial charge in [-0.05, 0) is 43.7 Å². The Hall–Kier alpha value is -1.51. The van der Waals surface area contributed by atoms with Crippen LogP contribution in [0.5, 0.6) is 0 Å². The molecule has 0 saturated heterocycles. The van der Waals surface area contributed by atoms with Gasteiger partial charge in [0, 0.05) is 24.2 Å². The quantitative estimate of drug-likeness (QED) is 0.857. The summed E-state index contributed by atoms with van der Waals surface area (Å²) in [5, 5.41) is 6.63. The number of anilines is 1. The van der Waals surface area contributed by atoms with Gasteiger partial charge in [-0.2, -0.15) is 0 Å². The summed E-state index contributed by atoms with van der Waals surface area (Å²) >= 11 is 0. The Kier molecular flexibility index (Phi) is 3.22. The summed E-state index contributed by atoms with van der Waals surface area (Å²) in [6, 6.07) is 8.85. The van der Waals surface area contributed by atoms with Crippen molar-refractivity contribution >= 4 is 11.6 Å². The zero-order valence-corrected chi connectivity index (χ0v) is 10.6. The molecule has 3 rings (SSSR count). The van der Waals surface area contributed by atoms with Crippen LogP contribution < -0.4 is 10.6 Å². The van der Waals surface area contributed by atoms with E-state index in [0.29, 0.717) is 12.0 Å². The Bertz CT molecular complexity index is 440. The molecule has 3 nitrogen and oxygen atoms in total. The lowest BCUT2D eigenvalue weighted by atomic mass is 10.1. The van der Waals surface area contributed by atoms with Gasteiger partial charge in [0.25, 0.3) is 0 Å². The van der Waals surface area contributed by atoms with Crippen LogP contribution in [-0.4, -0.2) is 18.5 Å². The van der Waals surface area contributed by atoms with E-state index in [1.807, 2.05) is 0 Å². The molecule has 0 bridgehead atoms. The van der Waals surface area contributed by atoms with E-state index >= 15 is 0 Å². The number of para-hydroxylation sites is 1. The fourth-order valence-corrected chi connectivity index (χ4v) is 2.58. The van der Waals surface area contributed by atoms with Gasteiger partial charge >= 0.3 is 0 Å². The van der Waals surface area contributed by atoms with E-state index in [0.717, 1.165) is 32.2 Å². The van der Waals surface area contributed by atoms with Gasteiger partial charge in [-0.15, -0.1) is 0 Å². The molecule has 1 aliphatic heterocycles. The molecule has 1 aromatic carbocycles. The van der Waals surface area contributed by atoms with Crippen molar-refractivity contribution in [3.63, 3.8) is 0 Å². The number of amides is 1. The van der Waals surface area contributed by atoms with Crippen LogP contribution in [0.25, 0.3) is 0 Å². The molecule has 1 atom stereocenters. The van der Waals surface area contributed by atoms with Crippen LogP contribution in [0.15, 0.2) is 24.3 Å². The second-order valence-electron chi connectivity index (χ2n) is 5.41. The van der Waals surface area contributed by atoms with Gasteiger partial charge in [0.2, 0.25) is 5.91 Å². The van der Waals surface area contributed by atoms with E-state index in [2.05, 4.69) is 34.9 Å². The van der Waals surface area contributed by atoms with Crippen LogP contribution in [0.1, 0.15) is 31.2 Å². The topological polar surface area (TPSA) is 41.1 Å². The Morgan fingerprint density at radius 3 is 2.94 bits per heavy atom. The Balaban J connectivity index is 1.58. The lowest BCUT2D eigenvalue weighted by molar-refractivity contribution is -0.122. The molecule has 2 aliphatic rings. The first kappa shape index (κ1) is 11.6. The van der Waals surface area contributed by atoms with Crippen LogP contribution >= 0.6 is 0 Å². The predicted molar refractivity (Wildman–Crippen MR) is 72.5 cm³/mol. The number of hydrogen-bond acceptors (Lipinski definition) is 2. The summed E-state index contributed by atoms with van der Waals surface area (Å²) in [7, 11) is 0. The SMILES string of the molecule is O=C(NCC1CCCc2ccccc2N1)C1CC1. The maximum atomic E-state index is 11.6. The first-order valence-corrected chi connectivity index (χ1v) is 6.95. The number of carbonyl (C=O) groups excluding carboxylic acids is 1. The molecule has 1 saturated carbocycles. The summed E-state index contributed by atoms with van der Waals surface area (Å²) in [6.45, 7) is 0.754. The number of hydrogen-bond donors (Lipinski definition) is 2. The van der Waals surface area contributed by atoms with Crippen molar-refractivity contribution in [1.29, 1.82) is 0 Å². The summed E-state index contributed by atoms with van der Waals surface area (Å²) in [4.78, 5) is 11.6. The highest BCUT2D eigenvalue weighted by Gasteiger charge is 2.29. The number of nitrogens with one attached hydrogen (secondary N) is 2. The third-order valence-corrected chi connectivity index (χ3v) is 3.85. The summed E-state index contributed by atoms with van der Waals surface area (Å²) in [5.74, 6) is 0.553. The molecule has 3 heteroatoms. The molecular weight excluding hydrogens is 224 g/mol. The number of aryl methyl sites for hydroxylation is 1. The highest BCUT2D eigenvalue weighted by molar-refractivity contribution is 5.80. The predicted octanol–water partition coefficient (Wildman–Crippen LogP) is 2.33. The molecule has 1 heterocycles. The Labute approximate surface area is 108 Å². The minimum atomic E-state index is 0.245. The van der Waals surface area contributed by atoms with Crippen molar-refractivity contribution in [1.82, 2.24) is 5.32 Å². The first-order chi connectivity index (χ1) is 8.83. The number of rotatable bonds is 3. The van der Waals surface area contributed by atoms with E-state index in [1.165, 1.54) is 17.7 Å². The van der Waals surface area contributed by atoms with E-state index < -0.39 is 0 Å². The van der Waals surface area contributed by atoms with Crippen molar-refractivity contribution in [3.8, 4) is 0 Å². The van der Waals surface area contributed by atoms with Crippen LogP contribution in [0, 0.1) is 5.92 Å². The summed E-state index contributed by atoms with van der Waals surface area (Å²) in [6.07, 6.45) is 5.60. The maximum absolute atomic E-state index is 11.6. The van der Waals surface area contributed by atoms with Gasteiger partial charge in [0.1, 0.15) is 0 Å². The molecule has 2 N–H and O–H groups in total. The largest absolute Gasteiger partial charge is 0.380 e. The zero-order valence-electron chi connectivity index (χ0n) is 10.6. The van der Waals surface area contributed by atoms with Crippen LogP contribution in [0.4, 0.5) is 5.69 Å². The molecule has 0 spiro atoms. The van der Waals surface area contributed by atoms with Gasteiger partial charge in [0.05, 0.1) is 0 Å². The Morgan fingerprint density at radius 1 is 1.28 bits per heavy atom. The number of fused-ring (bicyclic) bond motifs is 1. The number of benzene rings is 1. The fourth-order valence-electron chi connectivity index (χ4n) is 2.58. The van der Waals surface area contributed by atoms with Crippen molar-refractivity contribution in [2.45, 2.75) is 38.1 Å². The normalized spacial score (nSPS) is 22.6. The van der Waals surface area contributed by atoms with Crippen LogP contribution in [0.2, 0.25) is 0 Å². The lowest BCUT2D eigenvalue weighted by Crippen LogP contribution is -2.36. The second-order valence-corrected chi connectivity index (χ2v) is 5.41. The molecule has 0 aromatic heterocycles. The van der Waals surface area contributed by atoms with Crippen molar-refractivity contribution in [2.75, 3.05) is 11.9 Å². The standard InChI is InChI=1S/C15H20N2O/c18-15(12-8-9-12)16-10-13-6-3-5-11-4-1-2-7-14(11)17-13/h1-2,4,7,12-13,17H,3,5-6,8-10H2,(H,16,18). The monoisotopic (exact) mass is 244 g/mol. The molecule has 0 radical (unpaired) electrons. The highest BCUT2D eigenvalue weighted by Crippen LogP contribution is 2.29. The molecule has 1 aliphatic carbocycles. The Morgan fingerprint density at radius 2 is 2.11 bits per heavy atom. The van der Waals surface area contributed by atoms with Crippen LogP contribution in [-0.2, 0) is 11.2 Å². The third-order valence-electron chi connectivity index (χ3n) is 3.85. The van der Waals surface area contributed by atoms with Crippen molar-refractivity contribution in [3.05, 3.63) is 29.8 Å². The molecule has 1 unspecified atom stereocenters. The average molecular weight is 244 g/mol. The first-order valence-electron chi connectivity index (χ1n) is 6.95. The van der Waals surface area contributed by atoms with Crippen molar-refractivity contribution in [2.24, 2.45) is 5.92 Å². The molecule has 96 valence electrons. The summed E-state index contributed by atoms with van der Waals surface area (Å²) in [5.41, 5.74) is 2.63. The van der Waals surface area contributed by atoms with Gasteiger partial charge in [-0.1, -0.05) is 18.2 Å². The van der Waals surface area contributed by atoms with E-state index in [4.69, 9.17) is 0 Å². The van der Waals surface area contributed by atoms with Gasteiger partial charge in [-0.25, -0.2) is 0 Å². The molecular formula is C15H20N2O. The average Bonchev–Trinajstić information content (AvgIpc) is 3.21. The van der Waals surface area contributed by atoms with Crippen LogP contribution in [0.3, 0.4) is 0 Å². The smallest absolute Gasteiger partial charge is 0.223 e. The molecule has 1 fully saturated rings. The fraction of sp³-hybridized carbons (Fsp3) is 0.533. The van der Waals surface area contributed by atoms with E-state index in [9.17, 15) is 4.79 Å². The van der Waals surface area contributed by atoms with Gasteiger partial charge in [-0.3, -0.25) is 4.79 Å². The van der Waals surface area contributed by atoms with Crippen molar-refractivity contribution < 1.29 is 4.79 Å². The molecule has 18 heavy (non-hydrogen) atoms. The lowest BCUT2D eigenvalue weighted by Gasteiger charge is -2.18. The number of carbonyl (C=O) groups is 1. The second kappa shape index (κ2) is 5.01. The zero-order chi connectivity index (χ0) is 12.4. The maximum Gasteiger partial charge on any atom is 0.223 e. The van der Waals surface area contributed by atoms with Gasteiger partial charge < -0.3 is 10.6 Å².